The number of hydrogen-bond donors (Lipinski definition) is 2. The zero-order valence-corrected chi connectivity index (χ0v) is 12.2. The SMILES string of the molecule is CC(C)CS(=O)(=O)NCC1(O)Cc2ccccc2C1. The number of sulfonamides is 1. The lowest BCUT2D eigenvalue weighted by Gasteiger charge is -2.22. The van der Waals surface area contributed by atoms with Crippen LogP contribution in [0.4, 0.5) is 0 Å². The Balaban J connectivity index is 1.98. The van der Waals surface area contributed by atoms with Gasteiger partial charge in [-0.05, 0) is 17.0 Å². The summed E-state index contributed by atoms with van der Waals surface area (Å²) in [4.78, 5) is 0. The number of nitrogens with one attached hydrogen (secondary N) is 1. The maximum Gasteiger partial charge on any atom is 0.211 e. The van der Waals surface area contributed by atoms with Crippen molar-refractivity contribution in [3.05, 3.63) is 35.4 Å². The molecule has 0 radical (unpaired) electrons. The first-order chi connectivity index (χ1) is 8.80. The number of aliphatic hydroxyl groups is 1. The molecule has 1 aliphatic rings. The van der Waals surface area contributed by atoms with Crippen LogP contribution in [0.3, 0.4) is 0 Å². The van der Waals surface area contributed by atoms with E-state index in [9.17, 15) is 13.5 Å². The van der Waals surface area contributed by atoms with Crippen molar-refractivity contribution in [1.29, 1.82) is 0 Å². The van der Waals surface area contributed by atoms with E-state index in [-0.39, 0.29) is 18.2 Å². The van der Waals surface area contributed by atoms with Gasteiger partial charge in [-0.1, -0.05) is 38.1 Å². The highest BCUT2D eigenvalue weighted by Gasteiger charge is 2.35. The van der Waals surface area contributed by atoms with Gasteiger partial charge < -0.3 is 5.11 Å². The quantitative estimate of drug-likeness (QED) is 0.850. The lowest BCUT2D eigenvalue weighted by Crippen LogP contribution is -2.44. The molecule has 0 spiro atoms. The first kappa shape index (κ1) is 14.5. The third-order valence-corrected chi connectivity index (χ3v) is 5.02. The predicted octanol–water partition coefficient (Wildman–Crippen LogP) is 1.09. The molecule has 2 rings (SSSR count). The van der Waals surface area contributed by atoms with Crippen molar-refractivity contribution in [2.75, 3.05) is 12.3 Å². The molecule has 106 valence electrons. The van der Waals surface area contributed by atoms with Gasteiger partial charge in [0.25, 0.3) is 0 Å². The van der Waals surface area contributed by atoms with Crippen molar-refractivity contribution in [2.45, 2.75) is 32.3 Å². The van der Waals surface area contributed by atoms with Crippen LogP contribution in [-0.4, -0.2) is 31.4 Å². The van der Waals surface area contributed by atoms with Gasteiger partial charge in [0.1, 0.15) is 0 Å². The number of benzene rings is 1. The molecular formula is C14H21NO3S. The van der Waals surface area contributed by atoms with Gasteiger partial charge in [0.15, 0.2) is 0 Å². The van der Waals surface area contributed by atoms with Crippen LogP contribution in [0.25, 0.3) is 0 Å². The van der Waals surface area contributed by atoms with E-state index in [0.29, 0.717) is 12.8 Å². The zero-order valence-electron chi connectivity index (χ0n) is 11.4. The van der Waals surface area contributed by atoms with E-state index in [4.69, 9.17) is 0 Å². The van der Waals surface area contributed by atoms with Crippen molar-refractivity contribution >= 4 is 10.0 Å². The Bertz CT molecular complexity index is 527. The van der Waals surface area contributed by atoms with Crippen LogP contribution in [-0.2, 0) is 22.9 Å². The maximum absolute atomic E-state index is 11.8. The number of hydrogen-bond acceptors (Lipinski definition) is 3. The Morgan fingerprint density at radius 1 is 1.26 bits per heavy atom. The van der Waals surface area contributed by atoms with Gasteiger partial charge >= 0.3 is 0 Å². The molecule has 0 aliphatic heterocycles. The molecule has 0 atom stereocenters. The predicted molar refractivity (Wildman–Crippen MR) is 75.4 cm³/mol. The van der Waals surface area contributed by atoms with Crippen LogP contribution in [0.15, 0.2) is 24.3 Å². The summed E-state index contributed by atoms with van der Waals surface area (Å²) < 4.78 is 26.1. The molecule has 1 aromatic rings. The molecule has 0 unspecified atom stereocenters. The van der Waals surface area contributed by atoms with Gasteiger partial charge in [-0.3, -0.25) is 0 Å². The second-order valence-corrected chi connectivity index (χ2v) is 7.69. The Morgan fingerprint density at radius 2 is 1.79 bits per heavy atom. The third-order valence-electron chi connectivity index (χ3n) is 3.33. The third kappa shape index (κ3) is 3.78. The van der Waals surface area contributed by atoms with Gasteiger partial charge in [0.05, 0.1) is 11.4 Å². The topological polar surface area (TPSA) is 66.4 Å². The van der Waals surface area contributed by atoms with Crippen molar-refractivity contribution in [3.8, 4) is 0 Å². The van der Waals surface area contributed by atoms with E-state index < -0.39 is 15.6 Å². The maximum atomic E-state index is 11.8. The standard InChI is InChI=1S/C14H21NO3S/c1-11(2)9-19(17,18)15-10-14(16)7-12-5-3-4-6-13(12)8-14/h3-6,11,15-16H,7-10H2,1-2H3. The minimum absolute atomic E-state index is 0.0768. The van der Waals surface area contributed by atoms with E-state index in [2.05, 4.69) is 4.72 Å². The largest absolute Gasteiger partial charge is 0.388 e. The summed E-state index contributed by atoms with van der Waals surface area (Å²) in [5.74, 6) is 0.170. The summed E-state index contributed by atoms with van der Waals surface area (Å²) in [5, 5.41) is 10.5. The van der Waals surface area contributed by atoms with E-state index in [0.717, 1.165) is 11.1 Å². The Kier molecular flexibility index (Phi) is 3.99. The van der Waals surface area contributed by atoms with Crippen molar-refractivity contribution < 1.29 is 13.5 Å². The molecule has 1 aliphatic carbocycles. The van der Waals surface area contributed by atoms with Crippen LogP contribution >= 0.6 is 0 Å². The van der Waals surface area contributed by atoms with Crippen LogP contribution < -0.4 is 4.72 Å². The van der Waals surface area contributed by atoms with Gasteiger partial charge in [-0.25, -0.2) is 13.1 Å². The van der Waals surface area contributed by atoms with Gasteiger partial charge in [-0.15, -0.1) is 0 Å². The second-order valence-electron chi connectivity index (χ2n) is 5.84. The van der Waals surface area contributed by atoms with E-state index >= 15 is 0 Å². The van der Waals surface area contributed by atoms with Crippen LogP contribution in [0, 0.1) is 5.92 Å². The molecule has 0 saturated heterocycles. The van der Waals surface area contributed by atoms with Crippen LogP contribution in [0.1, 0.15) is 25.0 Å². The number of rotatable bonds is 5. The van der Waals surface area contributed by atoms with Crippen molar-refractivity contribution in [1.82, 2.24) is 4.72 Å². The van der Waals surface area contributed by atoms with Gasteiger partial charge in [0.2, 0.25) is 10.0 Å². The Hall–Kier alpha value is -0.910. The fourth-order valence-corrected chi connectivity index (χ4v) is 4.03. The average molecular weight is 283 g/mol. The molecule has 0 aromatic heterocycles. The van der Waals surface area contributed by atoms with E-state index in [1.165, 1.54) is 0 Å². The summed E-state index contributed by atoms with van der Waals surface area (Å²) in [7, 11) is -3.30. The minimum Gasteiger partial charge on any atom is -0.388 e. The van der Waals surface area contributed by atoms with Crippen molar-refractivity contribution in [3.63, 3.8) is 0 Å². The lowest BCUT2D eigenvalue weighted by molar-refractivity contribution is 0.0567. The molecular weight excluding hydrogens is 262 g/mol. The minimum atomic E-state index is -3.30. The molecule has 0 amide bonds. The molecule has 2 N–H and O–H groups in total. The summed E-state index contributed by atoms with van der Waals surface area (Å²) in [6, 6.07) is 7.84. The Labute approximate surface area is 114 Å². The zero-order chi connectivity index (χ0) is 14.1. The fraction of sp³-hybridized carbons (Fsp3) is 0.571. The highest BCUT2D eigenvalue weighted by atomic mass is 32.2. The average Bonchev–Trinajstić information content (AvgIpc) is 2.62. The van der Waals surface area contributed by atoms with E-state index in [1.54, 1.807) is 0 Å². The van der Waals surface area contributed by atoms with Gasteiger partial charge in [0, 0.05) is 19.4 Å². The summed E-state index contributed by atoms with van der Waals surface area (Å²) in [5.41, 5.74) is 1.22. The fourth-order valence-electron chi connectivity index (χ4n) is 2.54. The lowest BCUT2D eigenvalue weighted by atomic mass is 10.0. The van der Waals surface area contributed by atoms with Crippen LogP contribution in [0.5, 0.6) is 0 Å². The van der Waals surface area contributed by atoms with E-state index in [1.807, 2.05) is 38.1 Å². The Morgan fingerprint density at radius 3 is 2.26 bits per heavy atom. The van der Waals surface area contributed by atoms with Crippen molar-refractivity contribution in [2.24, 2.45) is 5.92 Å². The molecule has 0 bridgehead atoms. The molecule has 4 nitrogen and oxygen atoms in total. The second kappa shape index (κ2) is 5.23. The molecule has 0 heterocycles. The monoisotopic (exact) mass is 283 g/mol. The van der Waals surface area contributed by atoms with Crippen LogP contribution in [0.2, 0.25) is 0 Å². The first-order valence-electron chi connectivity index (χ1n) is 6.56. The first-order valence-corrected chi connectivity index (χ1v) is 8.21. The highest BCUT2D eigenvalue weighted by Crippen LogP contribution is 2.29. The normalized spacial score (nSPS) is 17.7. The molecule has 19 heavy (non-hydrogen) atoms. The molecule has 1 aromatic carbocycles. The highest BCUT2D eigenvalue weighted by molar-refractivity contribution is 7.89. The summed E-state index contributed by atoms with van der Waals surface area (Å²) in [6.07, 6.45) is 1.01. The smallest absolute Gasteiger partial charge is 0.211 e. The number of fused-ring (bicyclic) bond motifs is 1. The molecule has 5 heteroatoms. The summed E-state index contributed by atoms with van der Waals surface area (Å²) in [6.45, 7) is 3.80. The summed E-state index contributed by atoms with van der Waals surface area (Å²) >= 11 is 0. The molecule has 0 fully saturated rings. The molecule has 0 saturated carbocycles. The van der Waals surface area contributed by atoms with Gasteiger partial charge in [-0.2, -0.15) is 0 Å².